The zero-order valence-corrected chi connectivity index (χ0v) is 13.0. The molecule has 3 rings (SSSR count). The largest absolute Gasteiger partial charge is 0.334 e. The van der Waals surface area contributed by atoms with Crippen LogP contribution in [0.2, 0.25) is 0 Å². The maximum Gasteiger partial charge on any atom is 0.317 e. The van der Waals surface area contributed by atoms with Gasteiger partial charge in [-0.25, -0.2) is 9.18 Å². The number of carbonyl (C=O) groups is 1. The van der Waals surface area contributed by atoms with Crippen molar-refractivity contribution in [2.75, 3.05) is 13.1 Å². The van der Waals surface area contributed by atoms with Gasteiger partial charge in [-0.3, -0.25) is 0 Å². The molecule has 1 fully saturated rings. The van der Waals surface area contributed by atoms with Gasteiger partial charge in [0.25, 0.3) is 0 Å². The lowest BCUT2D eigenvalue weighted by Gasteiger charge is -2.32. The Morgan fingerprint density at radius 3 is 2.52 bits per heavy atom. The first kappa shape index (κ1) is 15.5. The van der Waals surface area contributed by atoms with Crippen molar-refractivity contribution in [3.05, 3.63) is 71.5 Å². The molecule has 0 aliphatic carbocycles. The Bertz CT molecular complexity index is 651. The van der Waals surface area contributed by atoms with Gasteiger partial charge in [-0.2, -0.15) is 0 Å². The number of hydrogen-bond acceptors (Lipinski definition) is 1. The van der Waals surface area contributed by atoms with Crippen molar-refractivity contribution in [1.82, 2.24) is 10.2 Å². The van der Waals surface area contributed by atoms with E-state index in [1.807, 2.05) is 17.0 Å². The average molecular weight is 312 g/mol. The SMILES string of the molecule is O=C(NCc1cccc(F)c1)N1CCC(c2ccccc2)CC1. The Labute approximate surface area is 136 Å². The van der Waals surface area contributed by atoms with Gasteiger partial charge >= 0.3 is 6.03 Å². The van der Waals surface area contributed by atoms with Crippen molar-refractivity contribution < 1.29 is 9.18 Å². The van der Waals surface area contributed by atoms with Crippen LogP contribution in [0.5, 0.6) is 0 Å². The van der Waals surface area contributed by atoms with Gasteiger partial charge in [-0.1, -0.05) is 42.5 Å². The van der Waals surface area contributed by atoms with Crippen molar-refractivity contribution in [3.8, 4) is 0 Å². The number of hydrogen-bond donors (Lipinski definition) is 1. The maximum atomic E-state index is 13.1. The monoisotopic (exact) mass is 312 g/mol. The fraction of sp³-hybridized carbons (Fsp3) is 0.316. The number of piperidine rings is 1. The molecule has 0 radical (unpaired) electrons. The predicted molar refractivity (Wildman–Crippen MR) is 88.6 cm³/mol. The van der Waals surface area contributed by atoms with Crippen LogP contribution >= 0.6 is 0 Å². The number of rotatable bonds is 3. The summed E-state index contributed by atoms with van der Waals surface area (Å²) in [5.41, 5.74) is 2.13. The molecule has 0 atom stereocenters. The Balaban J connectivity index is 1.48. The third kappa shape index (κ3) is 4.09. The van der Waals surface area contributed by atoms with Gasteiger partial charge in [0.05, 0.1) is 0 Å². The normalized spacial score (nSPS) is 15.4. The molecule has 0 spiro atoms. The summed E-state index contributed by atoms with van der Waals surface area (Å²) in [7, 11) is 0. The van der Waals surface area contributed by atoms with Gasteiger partial charge in [0.2, 0.25) is 0 Å². The summed E-state index contributed by atoms with van der Waals surface area (Å²) in [6.07, 6.45) is 1.97. The number of halogens is 1. The first-order valence-electron chi connectivity index (χ1n) is 8.04. The standard InChI is InChI=1S/C19H21FN2O/c20-18-8-4-5-15(13-18)14-21-19(23)22-11-9-17(10-12-22)16-6-2-1-3-7-16/h1-8,13,17H,9-12,14H2,(H,21,23). The molecule has 2 aromatic rings. The summed E-state index contributed by atoms with van der Waals surface area (Å²) < 4.78 is 13.1. The molecule has 1 aliphatic heterocycles. The molecule has 1 heterocycles. The summed E-state index contributed by atoms with van der Waals surface area (Å²) in [6.45, 7) is 1.87. The zero-order valence-electron chi connectivity index (χ0n) is 13.0. The first-order valence-corrected chi connectivity index (χ1v) is 8.04. The van der Waals surface area contributed by atoms with E-state index in [-0.39, 0.29) is 11.8 Å². The average Bonchev–Trinajstić information content (AvgIpc) is 2.61. The number of carbonyl (C=O) groups excluding carboxylic acids is 1. The van der Waals surface area contributed by atoms with Gasteiger partial charge in [-0.05, 0) is 42.0 Å². The summed E-state index contributed by atoms with van der Waals surface area (Å²) in [6, 6.07) is 16.7. The molecule has 0 bridgehead atoms. The van der Waals surface area contributed by atoms with Gasteiger partial charge in [0, 0.05) is 19.6 Å². The van der Waals surface area contributed by atoms with Gasteiger partial charge in [0.1, 0.15) is 5.82 Å². The summed E-state index contributed by atoms with van der Waals surface area (Å²) >= 11 is 0. The number of benzene rings is 2. The van der Waals surface area contributed by atoms with Crippen molar-refractivity contribution >= 4 is 6.03 Å². The highest BCUT2D eigenvalue weighted by Gasteiger charge is 2.23. The Hall–Kier alpha value is -2.36. The minimum absolute atomic E-state index is 0.0687. The van der Waals surface area contributed by atoms with E-state index < -0.39 is 0 Å². The molecule has 1 N–H and O–H groups in total. The van der Waals surface area contributed by atoms with Gasteiger partial charge < -0.3 is 10.2 Å². The highest BCUT2D eigenvalue weighted by molar-refractivity contribution is 5.74. The van der Waals surface area contributed by atoms with Crippen LogP contribution in [0, 0.1) is 5.82 Å². The molecule has 1 aliphatic rings. The van der Waals surface area contributed by atoms with E-state index in [9.17, 15) is 9.18 Å². The quantitative estimate of drug-likeness (QED) is 0.915. The second kappa shape index (κ2) is 7.27. The van der Waals surface area contributed by atoms with E-state index in [1.165, 1.54) is 17.7 Å². The Morgan fingerprint density at radius 1 is 1.09 bits per heavy atom. The smallest absolute Gasteiger partial charge is 0.317 e. The molecule has 0 aromatic heterocycles. The van der Waals surface area contributed by atoms with E-state index in [0.29, 0.717) is 12.5 Å². The lowest BCUT2D eigenvalue weighted by atomic mass is 9.90. The third-order valence-electron chi connectivity index (χ3n) is 4.39. The number of amides is 2. The van der Waals surface area contributed by atoms with Crippen LogP contribution in [-0.2, 0) is 6.54 Å². The van der Waals surface area contributed by atoms with Crippen LogP contribution in [-0.4, -0.2) is 24.0 Å². The van der Waals surface area contributed by atoms with Crippen LogP contribution < -0.4 is 5.32 Å². The summed E-state index contributed by atoms with van der Waals surface area (Å²) in [5.74, 6) is 0.254. The lowest BCUT2D eigenvalue weighted by molar-refractivity contribution is 0.181. The zero-order chi connectivity index (χ0) is 16.1. The molecule has 2 amide bonds. The summed E-state index contributed by atoms with van der Waals surface area (Å²) in [4.78, 5) is 14.1. The van der Waals surface area contributed by atoms with Crippen LogP contribution in [0.25, 0.3) is 0 Å². The van der Waals surface area contributed by atoms with Gasteiger partial charge in [0.15, 0.2) is 0 Å². The fourth-order valence-electron chi connectivity index (χ4n) is 3.08. The second-order valence-corrected chi connectivity index (χ2v) is 5.96. The highest BCUT2D eigenvalue weighted by Crippen LogP contribution is 2.27. The molecule has 3 nitrogen and oxygen atoms in total. The van der Waals surface area contributed by atoms with Gasteiger partial charge in [-0.15, -0.1) is 0 Å². The Morgan fingerprint density at radius 2 is 1.83 bits per heavy atom. The van der Waals surface area contributed by atoms with Crippen LogP contribution in [0.1, 0.15) is 29.9 Å². The fourth-order valence-corrected chi connectivity index (χ4v) is 3.08. The first-order chi connectivity index (χ1) is 11.2. The van der Waals surface area contributed by atoms with E-state index in [1.54, 1.807) is 6.07 Å². The molecule has 120 valence electrons. The highest BCUT2D eigenvalue weighted by atomic mass is 19.1. The topological polar surface area (TPSA) is 32.3 Å². The molecule has 0 saturated carbocycles. The molecule has 1 saturated heterocycles. The molecular weight excluding hydrogens is 291 g/mol. The molecule has 2 aromatic carbocycles. The lowest BCUT2D eigenvalue weighted by Crippen LogP contribution is -2.43. The third-order valence-corrected chi connectivity index (χ3v) is 4.39. The Kier molecular flexibility index (Phi) is 4.91. The molecule has 0 unspecified atom stereocenters. The van der Waals surface area contributed by atoms with Crippen LogP contribution in [0.3, 0.4) is 0 Å². The molecule has 4 heteroatoms. The molecular formula is C19H21FN2O. The summed E-state index contributed by atoms with van der Waals surface area (Å²) in [5, 5.41) is 2.87. The van der Waals surface area contributed by atoms with Crippen LogP contribution in [0.15, 0.2) is 54.6 Å². The predicted octanol–water partition coefficient (Wildman–Crippen LogP) is 3.91. The van der Waals surface area contributed by atoms with E-state index in [0.717, 1.165) is 31.5 Å². The maximum absolute atomic E-state index is 13.1. The van der Waals surface area contributed by atoms with E-state index in [2.05, 4.69) is 29.6 Å². The number of likely N-dealkylation sites (tertiary alicyclic amines) is 1. The second-order valence-electron chi connectivity index (χ2n) is 5.96. The number of nitrogens with zero attached hydrogens (tertiary/aromatic N) is 1. The number of urea groups is 1. The van der Waals surface area contributed by atoms with E-state index in [4.69, 9.17) is 0 Å². The molecule has 23 heavy (non-hydrogen) atoms. The van der Waals surface area contributed by atoms with Crippen molar-refractivity contribution in [2.24, 2.45) is 0 Å². The minimum atomic E-state index is -0.277. The van der Waals surface area contributed by atoms with Crippen molar-refractivity contribution in [1.29, 1.82) is 0 Å². The van der Waals surface area contributed by atoms with Crippen molar-refractivity contribution in [2.45, 2.75) is 25.3 Å². The van der Waals surface area contributed by atoms with Crippen LogP contribution in [0.4, 0.5) is 9.18 Å². The van der Waals surface area contributed by atoms with Crippen molar-refractivity contribution in [3.63, 3.8) is 0 Å². The minimum Gasteiger partial charge on any atom is -0.334 e. The van der Waals surface area contributed by atoms with E-state index >= 15 is 0 Å². The number of nitrogens with one attached hydrogen (secondary N) is 1.